The molecule has 0 radical (unpaired) electrons. The number of thiocarbonyl (C=S) groups is 1. The molecule has 4 N–H and O–H groups in total. The Kier molecular flexibility index (Phi) is 7.11. The fourth-order valence-corrected chi connectivity index (χ4v) is 1.09. The van der Waals surface area contributed by atoms with Crippen LogP contribution in [0, 0.1) is 0 Å². The van der Waals surface area contributed by atoms with Gasteiger partial charge in [0.15, 0.2) is 5.11 Å². The van der Waals surface area contributed by atoms with Crippen molar-refractivity contribution in [2.45, 2.75) is 0 Å². The standard InChI is InChI=1S/C5H12N2OS2/c6-5(9)7-1-3-10-4-2-8/h8H,1-4H2,(H3,6,7,9). The monoisotopic (exact) mass is 180 g/mol. The molecule has 0 saturated heterocycles. The number of aliphatic hydroxyl groups excluding tert-OH is 1. The summed E-state index contributed by atoms with van der Waals surface area (Å²) >= 11 is 6.25. The molecule has 60 valence electrons. The zero-order valence-corrected chi connectivity index (χ0v) is 7.30. The highest BCUT2D eigenvalue weighted by Gasteiger charge is 1.87. The zero-order chi connectivity index (χ0) is 7.82. The van der Waals surface area contributed by atoms with Crippen molar-refractivity contribution in [1.82, 2.24) is 5.32 Å². The Balaban J connectivity index is 2.84. The molecule has 10 heavy (non-hydrogen) atoms. The van der Waals surface area contributed by atoms with Crippen LogP contribution >= 0.6 is 24.0 Å². The molecular formula is C5H12N2OS2. The minimum atomic E-state index is 0.234. The summed E-state index contributed by atoms with van der Waals surface area (Å²) in [7, 11) is 0. The van der Waals surface area contributed by atoms with Crippen LogP contribution in [0.3, 0.4) is 0 Å². The second-order valence-electron chi connectivity index (χ2n) is 1.63. The van der Waals surface area contributed by atoms with Crippen LogP contribution in [0.4, 0.5) is 0 Å². The quantitative estimate of drug-likeness (QED) is 0.395. The first-order valence-corrected chi connectivity index (χ1v) is 4.55. The number of hydrogen-bond acceptors (Lipinski definition) is 3. The minimum absolute atomic E-state index is 0.234. The molecule has 0 aromatic rings. The highest BCUT2D eigenvalue weighted by atomic mass is 32.2. The van der Waals surface area contributed by atoms with Crippen molar-refractivity contribution in [3.63, 3.8) is 0 Å². The first-order chi connectivity index (χ1) is 4.77. The molecule has 0 aliphatic heterocycles. The molecule has 5 heteroatoms. The summed E-state index contributed by atoms with van der Waals surface area (Å²) in [5.74, 6) is 1.71. The Hall–Kier alpha value is -0.0000000000000000763. The third-order valence-corrected chi connectivity index (χ3v) is 1.89. The van der Waals surface area contributed by atoms with Crippen molar-refractivity contribution >= 4 is 29.1 Å². The van der Waals surface area contributed by atoms with Gasteiger partial charge in [0.05, 0.1) is 6.61 Å². The lowest BCUT2D eigenvalue weighted by Gasteiger charge is -2.01. The van der Waals surface area contributed by atoms with Gasteiger partial charge in [0.1, 0.15) is 0 Å². The van der Waals surface area contributed by atoms with Crippen molar-refractivity contribution in [3.8, 4) is 0 Å². The Labute approximate surface area is 70.4 Å². The van der Waals surface area contributed by atoms with Gasteiger partial charge in [0.25, 0.3) is 0 Å². The van der Waals surface area contributed by atoms with E-state index in [0.717, 1.165) is 18.1 Å². The molecule has 0 unspecified atom stereocenters. The highest BCUT2D eigenvalue weighted by molar-refractivity contribution is 7.99. The van der Waals surface area contributed by atoms with Crippen LogP contribution in [0.5, 0.6) is 0 Å². The molecule has 0 bridgehead atoms. The first kappa shape index (κ1) is 10.0. The smallest absolute Gasteiger partial charge is 0.163 e. The second kappa shape index (κ2) is 7.11. The molecule has 0 aliphatic rings. The van der Waals surface area contributed by atoms with Crippen LogP contribution in [0.25, 0.3) is 0 Å². The summed E-state index contributed by atoms with van der Waals surface area (Å²) in [6.45, 7) is 1.01. The van der Waals surface area contributed by atoms with E-state index in [4.69, 9.17) is 10.8 Å². The van der Waals surface area contributed by atoms with Crippen molar-refractivity contribution in [2.24, 2.45) is 5.73 Å². The van der Waals surface area contributed by atoms with E-state index in [1.807, 2.05) is 0 Å². The number of rotatable bonds is 5. The maximum atomic E-state index is 8.38. The van der Waals surface area contributed by atoms with E-state index in [2.05, 4.69) is 17.5 Å². The third-order valence-electron chi connectivity index (χ3n) is 0.781. The number of hydrogen-bond donors (Lipinski definition) is 3. The molecule has 0 saturated carbocycles. The average Bonchev–Trinajstić information content (AvgIpc) is 1.87. The largest absolute Gasteiger partial charge is 0.396 e. The maximum absolute atomic E-state index is 8.38. The average molecular weight is 180 g/mol. The summed E-state index contributed by atoms with van der Waals surface area (Å²) in [5, 5.41) is 11.5. The Morgan fingerprint density at radius 2 is 2.30 bits per heavy atom. The summed E-state index contributed by atoms with van der Waals surface area (Å²) in [4.78, 5) is 0. The van der Waals surface area contributed by atoms with Gasteiger partial charge in [0.2, 0.25) is 0 Å². The SMILES string of the molecule is NC(=S)NCCSCCO. The van der Waals surface area contributed by atoms with E-state index in [-0.39, 0.29) is 6.61 Å². The molecule has 0 fully saturated rings. The van der Waals surface area contributed by atoms with Gasteiger partial charge in [-0.25, -0.2) is 0 Å². The van der Waals surface area contributed by atoms with Gasteiger partial charge in [-0.15, -0.1) is 0 Å². The first-order valence-electron chi connectivity index (χ1n) is 2.99. The fraction of sp³-hybridized carbons (Fsp3) is 0.800. The van der Waals surface area contributed by atoms with Gasteiger partial charge in [-0.05, 0) is 12.2 Å². The highest BCUT2D eigenvalue weighted by Crippen LogP contribution is 1.95. The predicted octanol–water partition coefficient (Wildman–Crippen LogP) is -0.455. The van der Waals surface area contributed by atoms with Gasteiger partial charge >= 0.3 is 0 Å². The Morgan fingerprint density at radius 1 is 1.60 bits per heavy atom. The van der Waals surface area contributed by atoms with Crippen molar-refractivity contribution in [1.29, 1.82) is 0 Å². The van der Waals surface area contributed by atoms with Crippen LogP contribution in [-0.2, 0) is 0 Å². The molecule has 0 amide bonds. The van der Waals surface area contributed by atoms with E-state index in [9.17, 15) is 0 Å². The van der Waals surface area contributed by atoms with E-state index in [1.54, 1.807) is 11.8 Å². The molecule has 0 aliphatic carbocycles. The van der Waals surface area contributed by atoms with Crippen LogP contribution in [0.2, 0.25) is 0 Å². The van der Waals surface area contributed by atoms with Crippen molar-refractivity contribution < 1.29 is 5.11 Å². The number of aliphatic hydroxyl groups is 1. The second-order valence-corrected chi connectivity index (χ2v) is 3.29. The summed E-state index contributed by atoms with van der Waals surface area (Å²) in [6.07, 6.45) is 0. The van der Waals surface area contributed by atoms with Gasteiger partial charge in [0, 0.05) is 18.1 Å². The Bertz CT molecular complexity index is 99.6. The maximum Gasteiger partial charge on any atom is 0.163 e. The molecule has 0 aromatic heterocycles. The lowest BCUT2D eigenvalue weighted by Crippen LogP contribution is -2.30. The van der Waals surface area contributed by atoms with Gasteiger partial charge in [-0.2, -0.15) is 11.8 Å². The molecular weight excluding hydrogens is 168 g/mol. The van der Waals surface area contributed by atoms with Crippen molar-refractivity contribution in [3.05, 3.63) is 0 Å². The summed E-state index contributed by atoms with van der Waals surface area (Å²) in [5.41, 5.74) is 5.17. The van der Waals surface area contributed by atoms with E-state index in [1.165, 1.54) is 0 Å². The summed E-state index contributed by atoms with van der Waals surface area (Å²) < 4.78 is 0. The molecule has 0 heterocycles. The van der Waals surface area contributed by atoms with Crippen LogP contribution in [0.15, 0.2) is 0 Å². The van der Waals surface area contributed by atoms with Crippen molar-refractivity contribution in [2.75, 3.05) is 24.7 Å². The lowest BCUT2D eigenvalue weighted by atomic mass is 10.7. The molecule has 0 rings (SSSR count). The molecule has 3 nitrogen and oxygen atoms in total. The van der Waals surface area contributed by atoms with Crippen LogP contribution in [-0.4, -0.2) is 34.9 Å². The third kappa shape index (κ3) is 8.00. The van der Waals surface area contributed by atoms with E-state index >= 15 is 0 Å². The van der Waals surface area contributed by atoms with Gasteiger partial charge in [-0.1, -0.05) is 0 Å². The normalized spacial score (nSPS) is 9.30. The topological polar surface area (TPSA) is 58.3 Å². The molecule has 0 atom stereocenters. The van der Waals surface area contributed by atoms with Gasteiger partial charge in [-0.3, -0.25) is 0 Å². The van der Waals surface area contributed by atoms with Crippen LogP contribution < -0.4 is 11.1 Å². The Morgan fingerprint density at radius 3 is 2.80 bits per heavy atom. The van der Waals surface area contributed by atoms with Gasteiger partial charge < -0.3 is 16.2 Å². The lowest BCUT2D eigenvalue weighted by molar-refractivity contribution is 0.322. The predicted molar refractivity (Wildman–Crippen MR) is 49.2 cm³/mol. The zero-order valence-electron chi connectivity index (χ0n) is 5.67. The number of nitrogens with one attached hydrogen (secondary N) is 1. The molecule has 0 aromatic carbocycles. The fourth-order valence-electron chi connectivity index (χ4n) is 0.413. The van der Waals surface area contributed by atoms with E-state index in [0.29, 0.717) is 5.11 Å². The van der Waals surface area contributed by atoms with Crippen LogP contribution in [0.1, 0.15) is 0 Å². The number of thioether (sulfide) groups is 1. The van der Waals surface area contributed by atoms with E-state index < -0.39 is 0 Å². The minimum Gasteiger partial charge on any atom is -0.396 e. The number of nitrogens with two attached hydrogens (primary N) is 1. The summed E-state index contributed by atoms with van der Waals surface area (Å²) in [6, 6.07) is 0. The molecule has 0 spiro atoms.